The van der Waals surface area contributed by atoms with E-state index < -0.39 is 24.2 Å². The number of likely N-dealkylation sites (N-methyl/N-ethyl adjacent to an activating group) is 1. The second-order valence-corrected chi connectivity index (χ2v) is 16.7. The molecule has 2 amide bonds. The number of carbonyl (C=O) groups is 2. The quantitative estimate of drug-likeness (QED) is 0.206. The number of methoxy groups -OCH3 is 2. The number of nitrogens with zero attached hydrogens (tertiary/aromatic N) is 2. The van der Waals surface area contributed by atoms with Crippen LogP contribution in [0.4, 0.5) is 0 Å². The van der Waals surface area contributed by atoms with Crippen molar-refractivity contribution in [1.29, 1.82) is 0 Å². The highest BCUT2D eigenvalue weighted by molar-refractivity contribution is 5.98. The van der Waals surface area contributed by atoms with Gasteiger partial charge in [0.1, 0.15) is 23.6 Å². The van der Waals surface area contributed by atoms with E-state index in [0.717, 1.165) is 29.5 Å². The van der Waals surface area contributed by atoms with Crippen molar-refractivity contribution in [1.82, 2.24) is 20.6 Å². The van der Waals surface area contributed by atoms with E-state index in [1.54, 1.807) is 32.3 Å². The van der Waals surface area contributed by atoms with E-state index in [1.165, 1.54) is 6.42 Å². The van der Waals surface area contributed by atoms with E-state index in [4.69, 9.17) is 14.3 Å². The highest BCUT2D eigenvalue weighted by Crippen LogP contribution is 2.61. The summed E-state index contributed by atoms with van der Waals surface area (Å²) in [6.07, 6.45) is 1.32. The Morgan fingerprint density at radius 2 is 1.83 bits per heavy atom. The van der Waals surface area contributed by atoms with Crippen molar-refractivity contribution in [3.05, 3.63) is 47.5 Å². The van der Waals surface area contributed by atoms with E-state index in [0.29, 0.717) is 47.3 Å². The zero-order valence-corrected chi connectivity index (χ0v) is 32.8. The third kappa shape index (κ3) is 8.14. The smallest absolute Gasteiger partial charge is 0.255 e. The summed E-state index contributed by atoms with van der Waals surface area (Å²) >= 11 is 0. The molecule has 288 valence electrons. The Kier molecular flexibility index (Phi) is 12.6. The average molecular weight is 723 g/mol. The van der Waals surface area contributed by atoms with E-state index in [-0.39, 0.29) is 42.5 Å². The molecule has 3 aliphatic carbocycles. The number of aliphatic hydroxyl groups excluding tert-OH is 2. The molecular formula is C41H62N4O7. The molecule has 2 aromatic rings. The Bertz CT molecular complexity index is 1550. The van der Waals surface area contributed by atoms with Gasteiger partial charge in [-0.1, -0.05) is 58.9 Å². The second-order valence-electron chi connectivity index (χ2n) is 16.7. The van der Waals surface area contributed by atoms with Crippen LogP contribution in [0, 0.1) is 35.0 Å². The van der Waals surface area contributed by atoms with Gasteiger partial charge in [-0.05, 0) is 87.1 Å². The molecule has 2 bridgehead atoms. The number of benzene rings is 2. The van der Waals surface area contributed by atoms with Crippen LogP contribution in [0.3, 0.4) is 0 Å². The first kappa shape index (κ1) is 40.0. The molecule has 4 N–H and O–H groups in total. The van der Waals surface area contributed by atoms with Crippen molar-refractivity contribution in [2.24, 2.45) is 35.0 Å². The number of ether oxygens (including phenoxy) is 2. The van der Waals surface area contributed by atoms with Gasteiger partial charge in [0, 0.05) is 35.7 Å². The number of hydrogen-bond donors (Lipinski definition) is 4. The molecule has 9 atom stereocenters. The van der Waals surface area contributed by atoms with E-state index in [9.17, 15) is 19.8 Å². The fraction of sp³-hybridized carbons (Fsp3) is 0.659. The molecule has 11 heteroatoms. The molecule has 0 radical (unpaired) electrons. The first-order chi connectivity index (χ1) is 24.6. The van der Waals surface area contributed by atoms with E-state index in [1.807, 2.05) is 44.4 Å². The normalized spacial score (nSPS) is 27.9. The summed E-state index contributed by atoms with van der Waals surface area (Å²) in [7, 11) is 7.14. The van der Waals surface area contributed by atoms with Crippen molar-refractivity contribution in [3.63, 3.8) is 0 Å². The van der Waals surface area contributed by atoms with Crippen LogP contribution in [0.5, 0.6) is 11.5 Å². The summed E-state index contributed by atoms with van der Waals surface area (Å²) in [6, 6.07) is 10.4. The Morgan fingerprint density at radius 1 is 1.10 bits per heavy atom. The van der Waals surface area contributed by atoms with Gasteiger partial charge in [-0.3, -0.25) is 14.4 Å². The minimum atomic E-state index is -0.899. The van der Waals surface area contributed by atoms with Crippen molar-refractivity contribution in [2.75, 3.05) is 41.5 Å². The first-order valence-electron chi connectivity index (χ1n) is 18.9. The van der Waals surface area contributed by atoms with Crippen LogP contribution in [0.2, 0.25) is 0 Å². The minimum Gasteiger partial charge on any atom is -0.496 e. The maximum absolute atomic E-state index is 14.2. The lowest BCUT2D eigenvalue weighted by Gasteiger charge is -2.62. The minimum absolute atomic E-state index is 0.0357. The van der Waals surface area contributed by atoms with Gasteiger partial charge in [-0.25, -0.2) is 0 Å². The van der Waals surface area contributed by atoms with Crippen LogP contribution < -0.4 is 20.1 Å². The molecule has 2 aromatic carbocycles. The van der Waals surface area contributed by atoms with Crippen LogP contribution in [0.1, 0.15) is 76.7 Å². The summed E-state index contributed by atoms with van der Waals surface area (Å²) < 4.78 is 11.7. The number of para-hydroxylation sites is 1. The number of hydroxylamine groups is 2. The highest BCUT2D eigenvalue weighted by Gasteiger charge is 2.57. The second kappa shape index (κ2) is 16.4. The van der Waals surface area contributed by atoms with Crippen LogP contribution >= 0.6 is 0 Å². The van der Waals surface area contributed by atoms with Crippen LogP contribution in [0.15, 0.2) is 36.4 Å². The molecular weight excluding hydrogens is 660 g/mol. The molecule has 3 saturated carbocycles. The molecule has 52 heavy (non-hydrogen) atoms. The molecule has 4 fully saturated rings. The van der Waals surface area contributed by atoms with Gasteiger partial charge in [0.2, 0.25) is 5.91 Å². The van der Waals surface area contributed by atoms with Crippen LogP contribution in [0.25, 0.3) is 11.1 Å². The van der Waals surface area contributed by atoms with Crippen molar-refractivity contribution >= 4 is 11.8 Å². The molecule has 1 aliphatic heterocycles. The van der Waals surface area contributed by atoms with E-state index in [2.05, 4.69) is 50.2 Å². The number of fused-ring (bicyclic) bond motifs is 2. The van der Waals surface area contributed by atoms with Crippen LogP contribution in [-0.4, -0.2) is 104 Å². The molecule has 11 nitrogen and oxygen atoms in total. The van der Waals surface area contributed by atoms with Gasteiger partial charge in [0.05, 0.1) is 39.0 Å². The SMILES string of the molecule is COc1ccc(-c2cccc(CN3O[C@@H](CO)[C@H]([C@H](C)O)[C@H]3C(=O)NC3C[C@H]4C[C@H]([C@@H]3C)C4(C)C)c2OC)cc1C(=O)N[C@@H](CC(C)C)CN(C)C. The number of hydrogen-bond acceptors (Lipinski definition) is 9. The van der Waals surface area contributed by atoms with Crippen LogP contribution in [-0.2, 0) is 16.2 Å². The predicted octanol–water partition coefficient (Wildman–Crippen LogP) is 4.74. The summed E-state index contributed by atoms with van der Waals surface area (Å²) in [5.74, 6) is 1.85. The van der Waals surface area contributed by atoms with E-state index >= 15 is 0 Å². The lowest BCUT2D eigenvalue weighted by Crippen LogP contribution is -2.62. The van der Waals surface area contributed by atoms with Gasteiger partial charge >= 0.3 is 0 Å². The fourth-order valence-electron chi connectivity index (χ4n) is 9.33. The van der Waals surface area contributed by atoms with Gasteiger partial charge in [0.15, 0.2) is 0 Å². The van der Waals surface area contributed by atoms with Crippen molar-refractivity contribution in [2.45, 2.75) is 97.7 Å². The predicted molar refractivity (Wildman–Crippen MR) is 202 cm³/mol. The Labute approximate surface area is 310 Å². The average Bonchev–Trinajstić information content (AvgIpc) is 3.46. The molecule has 6 rings (SSSR count). The maximum Gasteiger partial charge on any atom is 0.255 e. The van der Waals surface area contributed by atoms with Crippen molar-refractivity contribution < 1.29 is 34.1 Å². The number of aliphatic hydroxyl groups is 2. The number of nitrogens with one attached hydrogen (secondary N) is 2. The van der Waals surface area contributed by atoms with Gasteiger partial charge in [-0.2, -0.15) is 5.06 Å². The Hall–Kier alpha value is -3.22. The van der Waals surface area contributed by atoms with Gasteiger partial charge in [0.25, 0.3) is 5.91 Å². The molecule has 1 heterocycles. The summed E-state index contributed by atoms with van der Waals surface area (Å²) in [6.45, 7) is 13.4. The standard InChI is InChI=1S/C41H62N4O7/c1-23(2)16-29(21-44(7)8)42-39(48)31-17-26(14-15-34(31)50-9)30-13-11-12-27(38(30)51-10)20-45-37(36(25(4)47)35(22-46)52-45)40(49)43-33-19-28-18-32(24(33)3)41(28,5)6/h11-15,17,23-25,28-29,32-33,35-37,46-47H,16,18-22H2,1-10H3,(H,42,48)(H,43,49)/t24-,25-,28+,29-,32+,33?,35-,36-,37-/m0/s1. The topological polar surface area (TPSA) is 133 Å². The first-order valence-corrected chi connectivity index (χ1v) is 18.9. The molecule has 1 unspecified atom stereocenters. The molecule has 0 spiro atoms. The van der Waals surface area contributed by atoms with Gasteiger partial charge in [-0.15, -0.1) is 0 Å². The molecule has 0 aromatic heterocycles. The lowest BCUT2D eigenvalue weighted by molar-refractivity contribution is -0.183. The fourth-order valence-corrected chi connectivity index (χ4v) is 9.33. The largest absolute Gasteiger partial charge is 0.496 e. The maximum atomic E-state index is 14.2. The Balaban J connectivity index is 1.42. The third-order valence-electron chi connectivity index (χ3n) is 12.1. The molecule has 4 aliphatic rings. The monoisotopic (exact) mass is 722 g/mol. The lowest BCUT2D eigenvalue weighted by atomic mass is 9.45. The molecule has 1 saturated heterocycles. The number of carbonyl (C=O) groups excluding carboxylic acids is 2. The number of amides is 2. The third-order valence-corrected chi connectivity index (χ3v) is 12.1. The van der Waals surface area contributed by atoms with Gasteiger partial charge < -0.3 is 35.2 Å². The zero-order valence-electron chi connectivity index (χ0n) is 32.8. The summed E-state index contributed by atoms with van der Waals surface area (Å²) in [5.41, 5.74) is 2.97. The number of rotatable bonds is 15. The summed E-state index contributed by atoms with van der Waals surface area (Å²) in [5, 5.41) is 29.4. The highest BCUT2D eigenvalue weighted by atomic mass is 16.7. The zero-order chi connectivity index (χ0) is 38.1. The van der Waals surface area contributed by atoms with Crippen molar-refractivity contribution in [3.8, 4) is 22.6 Å². The summed E-state index contributed by atoms with van der Waals surface area (Å²) in [4.78, 5) is 36.3. The Morgan fingerprint density at radius 3 is 2.40 bits per heavy atom.